The highest BCUT2D eigenvalue weighted by atomic mass is 35.5. The number of aryl methyl sites for hydroxylation is 2. The van der Waals surface area contributed by atoms with Gasteiger partial charge in [-0.3, -0.25) is 0 Å². The van der Waals surface area contributed by atoms with Crippen LogP contribution in [0.25, 0.3) is 0 Å². The maximum atomic E-state index is 6.29. The van der Waals surface area contributed by atoms with Gasteiger partial charge in [-0.1, -0.05) is 50.0 Å². The molecule has 0 bridgehead atoms. The molecule has 0 aliphatic rings. The van der Waals surface area contributed by atoms with Crippen LogP contribution in [0.15, 0.2) is 30.3 Å². The smallest absolute Gasteiger partial charge is 0.164 e. The van der Waals surface area contributed by atoms with Crippen LogP contribution in [0.4, 0.5) is 0 Å². The molecule has 0 amide bonds. The van der Waals surface area contributed by atoms with Gasteiger partial charge in [0.15, 0.2) is 5.75 Å². The summed E-state index contributed by atoms with van der Waals surface area (Å²) in [6.07, 6.45) is 0.891. The molecule has 0 fully saturated rings. The lowest BCUT2D eigenvalue weighted by Gasteiger charge is -2.15. The fourth-order valence-electron chi connectivity index (χ4n) is 2.34. The molecular weight excluding hydrogens is 303 g/mol. The van der Waals surface area contributed by atoms with Gasteiger partial charge in [0.1, 0.15) is 5.75 Å². The molecule has 0 spiro atoms. The summed E-state index contributed by atoms with van der Waals surface area (Å²) in [6.45, 7) is 8.51. The van der Waals surface area contributed by atoms with Crippen molar-refractivity contribution in [3.63, 3.8) is 0 Å². The van der Waals surface area contributed by atoms with Crippen LogP contribution >= 0.6 is 23.2 Å². The number of hydrogen-bond donors (Lipinski definition) is 0. The molecular formula is C18H20Cl2O. The number of ether oxygens (including phenoxy) is 1. The third-order valence-electron chi connectivity index (χ3n) is 3.56. The number of rotatable bonds is 4. The standard InChI is InChI=1S/C18H20Cl2O/c1-5-13-8-16(19)18(17(20)9-13)21-14-7-6-12(4)15(10-14)11(2)3/h6-11H,5H2,1-4H3. The van der Waals surface area contributed by atoms with Crippen LogP contribution in [0.2, 0.25) is 10.0 Å². The van der Waals surface area contributed by atoms with Gasteiger partial charge in [-0.15, -0.1) is 0 Å². The number of hydrogen-bond acceptors (Lipinski definition) is 1. The Kier molecular flexibility index (Phi) is 5.18. The fraction of sp³-hybridized carbons (Fsp3) is 0.333. The minimum atomic E-state index is 0.446. The van der Waals surface area contributed by atoms with Gasteiger partial charge >= 0.3 is 0 Å². The Morgan fingerprint density at radius 3 is 2.19 bits per heavy atom. The molecule has 0 heterocycles. The van der Waals surface area contributed by atoms with E-state index >= 15 is 0 Å². The van der Waals surface area contributed by atoms with E-state index in [0.29, 0.717) is 21.7 Å². The topological polar surface area (TPSA) is 9.23 Å². The molecule has 21 heavy (non-hydrogen) atoms. The molecule has 2 aromatic rings. The Balaban J connectivity index is 2.37. The van der Waals surface area contributed by atoms with Gasteiger partial charge in [0, 0.05) is 0 Å². The van der Waals surface area contributed by atoms with Gasteiger partial charge in [0.05, 0.1) is 10.0 Å². The first-order valence-electron chi connectivity index (χ1n) is 7.18. The molecule has 0 aliphatic heterocycles. The molecule has 3 heteroatoms. The SMILES string of the molecule is CCc1cc(Cl)c(Oc2ccc(C)c(C(C)C)c2)c(Cl)c1. The highest BCUT2D eigenvalue weighted by Gasteiger charge is 2.12. The van der Waals surface area contributed by atoms with Crippen LogP contribution in [0, 0.1) is 6.92 Å². The Hall–Kier alpha value is -1.18. The van der Waals surface area contributed by atoms with Gasteiger partial charge in [0.25, 0.3) is 0 Å². The maximum Gasteiger partial charge on any atom is 0.164 e. The van der Waals surface area contributed by atoms with Crippen molar-refractivity contribution in [2.75, 3.05) is 0 Å². The Morgan fingerprint density at radius 2 is 1.67 bits per heavy atom. The van der Waals surface area contributed by atoms with Crippen LogP contribution in [0.5, 0.6) is 11.5 Å². The predicted octanol–water partition coefficient (Wildman–Crippen LogP) is 6.78. The van der Waals surface area contributed by atoms with Crippen LogP contribution < -0.4 is 4.74 Å². The van der Waals surface area contributed by atoms with Crippen molar-refractivity contribution in [2.24, 2.45) is 0 Å². The van der Waals surface area contributed by atoms with Gasteiger partial charge in [-0.05, 0) is 60.2 Å². The second kappa shape index (κ2) is 6.72. The van der Waals surface area contributed by atoms with E-state index in [-0.39, 0.29) is 0 Å². The van der Waals surface area contributed by atoms with Crippen molar-refractivity contribution >= 4 is 23.2 Å². The Bertz CT molecular complexity index is 625. The van der Waals surface area contributed by atoms with Crippen molar-refractivity contribution in [2.45, 2.75) is 40.0 Å². The lowest BCUT2D eigenvalue weighted by Crippen LogP contribution is -1.94. The average molecular weight is 323 g/mol. The fourth-order valence-corrected chi connectivity index (χ4v) is 2.95. The van der Waals surface area contributed by atoms with Gasteiger partial charge in [0.2, 0.25) is 0 Å². The van der Waals surface area contributed by atoms with E-state index in [4.69, 9.17) is 27.9 Å². The molecule has 112 valence electrons. The van der Waals surface area contributed by atoms with E-state index in [1.165, 1.54) is 11.1 Å². The average Bonchev–Trinajstić information content (AvgIpc) is 2.43. The normalized spacial score (nSPS) is 11.0. The minimum Gasteiger partial charge on any atom is -0.454 e. The van der Waals surface area contributed by atoms with E-state index in [9.17, 15) is 0 Å². The molecule has 1 nitrogen and oxygen atoms in total. The summed E-state index contributed by atoms with van der Waals surface area (Å²) in [7, 11) is 0. The monoisotopic (exact) mass is 322 g/mol. The lowest BCUT2D eigenvalue weighted by molar-refractivity contribution is 0.481. The first-order valence-corrected chi connectivity index (χ1v) is 7.94. The van der Waals surface area contributed by atoms with Crippen molar-refractivity contribution in [3.8, 4) is 11.5 Å². The highest BCUT2D eigenvalue weighted by molar-refractivity contribution is 6.37. The molecule has 0 aliphatic carbocycles. The molecule has 0 aromatic heterocycles. The van der Waals surface area contributed by atoms with E-state index in [1.54, 1.807) is 0 Å². The zero-order valence-corrected chi connectivity index (χ0v) is 14.3. The minimum absolute atomic E-state index is 0.446. The van der Waals surface area contributed by atoms with Crippen LogP contribution in [-0.4, -0.2) is 0 Å². The lowest BCUT2D eigenvalue weighted by atomic mass is 9.98. The molecule has 0 saturated carbocycles. The summed E-state index contributed by atoms with van der Waals surface area (Å²) >= 11 is 12.6. The van der Waals surface area contributed by atoms with Crippen molar-refractivity contribution in [1.82, 2.24) is 0 Å². The summed E-state index contributed by atoms with van der Waals surface area (Å²) in [6, 6.07) is 9.87. The third kappa shape index (κ3) is 3.72. The largest absolute Gasteiger partial charge is 0.454 e. The van der Waals surface area contributed by atoms with Gasteiger partial charge in [-0.25, -0.2) is 0 Å². The van der Waals surface area contributed by atoms with Crippen LogP contribution in [0.1, 0.15) is 43.4 Å². The van der Waals surface area contributed by atoms with Crippen LogP contribution in [-0.2, 0) is 6.42 Å². The summed E-state index contributed by atoms with van der Waals surface area (Å²) in [5.74, 6) is 1.73. The van der Waals surface area contributed by atoms with E-state index in [1.807, 2.05) is 18.2 Å². The van der Waals surface area contributed by atoms with Gasteiger partial charge < -0.3 is 4.74 Å². The van der Waals surface area contributed by atoms with E-state index in [2.05, 4.69) is 39.8 Å². The first-order chi connectivity index (χ1) is 9.92. The predicted molar refractivity (Wildman–Crippen MR) is 91.2 cm³/mol. The maximum absolute atomic E-state index is 6.29. The summed E-state index contributed by atoms with van der Waals surface area (Å²) in [5, 5.41) is 1.09. The second-order valence-electron chi connectivity index (χ2n) is 5.52. The van der Waals surface area contributed by atoms with E-state index < -0.39 is 0 Å². The molecule has 0 N–H and O–H groups in total. The molecule has 2 aromatic carbocycles. The third-order valence-corrected chi connectivity index (χ3v) is 4.12. The summed E-state index contributed by atoms with van der Waals surface area (Å²) in [4.78, 5) is 0. The Morgan fingerprint density at radius 1 is 1.05 bits per heavy atom. The molecule has 0 unspecified atom stereocenters. The molecule has 2 rings (SSSR count). The first kappa shape index (κ1) is 16.2. The quantitative estimate of drug-likeness (QED) is 0.602. The van der Waals surface area contributed by atoms with E-state index in [0.717, 1.165) is 17.7 Å². The zero-order chi connectivity index (χ0) is 15.6. The van der Waals surface area contributed by atoms with Crippen LogP contribution in [0.3, 0.4) is 0 Å². The molecule has 0 radical (unpaired) electrons. The zero-order valence-electron chi connectivity index (χ0n) is 12.8. The number of benzene rings is 2. The molecule has 0 saturated heterocycles. The van der Waals surface area contributed by atoms with Crippen molar-refractivity contribution in [1.29, 1.82) is 0 Å². The molecule has 0 atom stereocenters. The highest BCUT2D eigenvalue weighted by Crippen LogP contribution is 2.38. The second-order valence-corrected chi connectivity index (χ2v) is 6.33. The Labute approximate surface area is 136 Å². The number of halogens is 2. The van der Waals surface area contributed by atoms with Gasteiger partial charge in [-0.2, -0.15) is 0 Å². The van der Waals surface area contributed by atoms with Crippen molar-refractivity contribution < 1.29 is 4.74 Å². The van der Waals surface area contributed by atoms with Crippen molar-refractivity contribution in [3.05, 3.63) is 57.1 Å². The summed E-state index contributed by atoms with van der Waals surface area (Å²) < 4.78 is 5.92. The summed E-state index contributed by atoms with van der Waals surface area (Å²) in [5.41, 5.74) is 3.63.